The fourth-order valence-electron chi connectivity index (χ4n) is 1.54. The Kier molecular flexibility index (Phi) is 5.77. The predicted octanol–water partition coefficient (Wildman–Crippen LogP) is 2.92. The number of nitrogens with one attached hydrogen (secondary N) is 1. The molecule has 0 bridgehead atoms. The van der Waals surface area contributed by atoms with Crippen LogP contribution in [0.15, 0.2) is 18.2 Å². The van der Waals surface area contributed by atoms with Crippen molar-refractivity contribution in [2.75, 3.05) is 32.2 Å². The normalized spacial score (nSPS) is 12.2. The molecule has 0 saturated heterocycles. The van der Waals surface area contributed by atoms with Crippen molar-refractivity contribution in [1.29, 1.82) is 0 Å². The number of methoxy groups -OCH3 is 1. The van der Waals surface area contributed by atoms with E-state index in [0.29, 0.717) is 24.9 Å². The van der Waals surface area contributed by atoms with Crippen molar-refractivity contribution in [3.8, 4) is 5.75 Å². The highest BCUT2D eigenvalue weighted by Crippen LogP contribution is 2.25. The molecule has 17 heavy (non-hydrogen) atoms. The Morgan fingerprint density at radius 3 is 2.82 bits per heavy atom. The van der Waals surface area contributed by atoms with Crippen LogP contribution >= 0.6 is 0 Å². The number of ether oxygens (including phenoxy) is 2. The van der Waals surface area contributed by atoms with Crippen LogP contribution in [0.2, 0.25) is 0 Å². The third-order valence-electron chi connectivity index (χ3n) is 2.34. The first-order chi connectivity index (χ1) is 8.17. The molecule has 3 nitrogen and oxygen atoms in total. The largest absolute Gasteiger partial charge is 0.492 e. The SMILES string of the molecule is CCOc1cc(F)ccc1NCC(C)COC. The van der Waals surface area contributed by atoms with Crippen molar-refractivity contribution in [1.82, 2.24) is 0 Å². The van der Waals surface area contributed by atoms with Crippen LogP contribution in [0.4, 0.5) is 10.1 Å². The monoisotopic (exact) mass is 241 g/mol. The van der Waals surface area contributed by atoms with Gasteiger partial charge >= 0.3 is 0 Å². The molecule has 0 radical (unpaired) electrons. The second-order valence-electron chi connectivity index (χ2n) is 4.01. The van der Waals surface area contributed by atoms with E-state index in [9.17, 15) is 4.39 Å². The average molecular weight is 241 g/mol. The summed E-state index contributed by atoms with van der Waals surface area (Å²) in [6, 6.07) is 4.51. The second-order valence-corrected chi connectivity index (χ2v) is 4.01. The average Bonchev–Trinajstić information content (AvgIpc) is 2.29. The molecule has 1 N–H and O–H groups in total. The van der Waals surface area contributed by atoms with Crippen LogP contribution in [0.25, 0.3) is 0 Å². The highest BCUT2D eigenvalue weighted by molar-refractivity contribution is 5.56. The Balaban J connectivity index is 2.62. The van der Waals surface area contributed by atoms with Crippen LogP contribution < -0.4 is 10.1 Å². The van der Waals surface area contributed by atoms with Crippen molar-refractivity contribution >= 4 is 5.69 Å². The molecule has 1 atom stereocenters. The summed E-state index contributed by atoms with van der Waals surface area (Å²) in [6.07, 6.45) is 0. The molecule has 1 aromatic rings. The van der Waals surface area contributed by atoms with Crippen LogP contribution in [0.3, 0.4) is 0 Å². The molecule has 0 aliphatic carbocycles. The van der Waals surface area contributed by atoms with Gasteiger partial charge in [0.1, 0.15) is 11.6 Å². The van der Waals surface area contributed by atoms with E-state index < -0.39 is 0 Å². The van der Waals surface area contributed by atoms with Gasteiger partial charge in [0.2, 0.25) is 0 Å². The second kappa shape index (κ2) is 7.12. The van der Waals surface area contributed by atoms with Gasteiger partial charge in [-0.25, -0.2) is 4.39 Å². The molecule has 1 aromatic carbocycles. The number of halogens is 1. The zero-order valence-electron chi connectivity index (χ0n) is 10.6. The minimum atomic E-state index is -0.288. The van der Waals surface area contributed by atoms with Gasteiger partial charge in [-0.05, 0) is 25.0 Å². The van der Waals surface area contributed by atoms with E-state index in [-0.39, 0.29) is 5.82 Å². The predicted molar refractivity (Wildman–Crippen MR) is 67.1 cm³/mol. The fourth-order valence-corrected chi connectivity index (χ4v) is 1.54. The third-order valence-corrected chi connectivity index (χ3v) is 2.34. The molecule has 0 spiro atoms. The smallest absolute Gasteiger partial charge is 0.145 e. The van der Waals surface area contributed by atoms with Crippen LogP contribution in [0.1, 0.15) is 13.8 Å². The van der Waals surface area contributed by atoms with Crippen LogP contribution in [-0.2, 0) is 4.74 Å². The van der Waals surface area contributed by atoms with E-state index in [0.717, 1.165) is 12.2 Å². The highest BCUT2D eigenvalue weighted by atomic mass is 19.1. The zero-order chi connectivity index (χ0) is 12.7. The lowest BCUT2D eigenvalue weighted by molar-refractivity contribution is 0.164. The maximum Gasteiger partial charge on any atom is 0.145 e. The van der Waals surface area contributed by atoms with Gasteiger partial charge in [-0.15, -0.1) is 0 Å². The van der Waals surface area contributed by atoms with Crippen molar-refractivity contribution in [3.63, 3.8) is 0 Å². The first-order valence-corrected chi connectivity index (χ1v) is 5.82. The summed E-state index contributed by atoms with van der Waals surface area (Å²) in [5.74, 6) is 0.653. The van der Waals surface area contributed by atoms with Crippen LogP contribution in [0, 0.1) is 11.7 Å². The number of hydrogen-bond donors (Lipinski definition) is 1. The molecule has 0 heterocycles. The first-order valence-electron chi connectivity index (χ1n) is 5.82. The number of anilines is 1. The fraction of sp³-hybridized carbons (Fsp3) is 0.538. The molecule has 0 aliphatic heterocycles. The summed E-state index contributed by atoms with van der Waals surface area (Å²) >= 11 is 0. The molecule has 1 unspecified atom stereocenters. The minimum Gasteiger partial charge on any atom is -0.492 e. The molecule has 1 rings (SSSR count). The standard InChI is InChI=1S/C13H20FNO2/c1-4-17-13-7-11(14)5-6-12(13)15-8-10(2)9-16-3/h5-7,10,15H,4,8-9H2,1-3H3. The van der Waals surface area contributed by atoms with E-state index >= 15 is 0 Å². The third kappa shape index (κ3) is 4.61. The lowest BCUT2D eigenvalue weighted by Crippen LogP contribution is -2.16. The van der Waals surface area contributed by atoms with Gasteiger partial charge in [0.05, 0.1) is 18.9 Å². The number of rotatable bonds is 7. The summed E-state index contributed by atoms with van der Waals surface area (Å²) < 4.78 is 23.5. The Hall–Kier alpha value is -1.29. The maximum atomic E-state index is 13.1. The summed E-state index contributed by atoms with van der Waals surface area (Å²) in [4.78, 5) is 0. The van der Waals surface area contributed by atoms with E-state index in [1.54, 1.807) is 13.2 Å². The van der Waals surface area contributed by atoms with E-state index in [2.05, 4.69) is 12.2 Å². The number of benzene rings is 1. The molecular weight excluding hydrogens is 221 g/mol. The Morgan fingerprint density at radius 2 is 2.18 bits per heavy atom. The summed E-state index contributed by atoms with van der Waals surface area (Å²) in [6.45, 7) is 5.94. The molecule has 0 saturated carbocycles. The van der Waals surface area contributed by atoms with Gasteiger partial charge in [0.25, 0.3) is 0 Å². The first kappa shape index (κ1) is 13.8. The Labute approximate surface area is 102 Å². The topological polar surface area (TPSA) is 30.5 Å². The minimum absolute atomic E-state index is 0.288. The Bertz CT molecular complexity index is 344. The Morgan fingerprint density at radius 1 is 1.41 bits per heavy atom. The summed E-state index contributed by atoms with van der Waals surface area (Å²) in [5.41, 5.74) is 0.816. The molecule has 0 amide bonds. The number of hydrogen-bond acceptors (Lipinski definition) is 3. The maximum absolute atomic E-state index is 13.1. The lowest BCUT2D eigenvalue weighted by atomic mass is 10.2. The summed E-state index contributed by atoms with van der Waals surface area (Å²) in [7, 11) is 1.68. The van der Waals surface area contributed by atoms with Gasteiger partial charge in [0, 0.05) is 19.7 Å². The van der Waals surface area contributed by atoms with Crippen molar-refractivity contribution in [2.45, 2.75) is 13.8 Å². The van der Waals surface area contributed by atoms with Crippen molar-refractivity contribution in [2.24, 2.45) is 5.92 Å². The molecule has 0 aliphatic rings. The van der Waals surface area contributed by atoms with E-state index in [1.165, 1.54) is 12.1 Å². The van der Waals surface area contributed by atoms with Gasteiger partial charge < -0.3 is 14.8 Å². The van der Waals surface area contributed by atoms with Crippen LogP contribution in [-0.4, -0.2) is 26.9 Å². The quantitative estimate of drug-likeness (QED) is 0.796. The highest BCUT2D eigenvalue weighted by Gasteiger charge is 2.07. The van der Waals surface area contributed by atoms with Gasteiger partial charge in [-0.2, -0.15) is 0 Å². The zero-order valence-corrected chi connectivity index (χ0v) is 10.6. The lowest BCUT2D eigenvalue weighted by Gasteiger charge is -2.15. The van der Waals surface area contributed by atoms with Crippen molar-refractivity contribution < 1.29 is 13.9 Å². The van der Waals surface area contributed by atoms with Gasteiger partial charge in [-0.3, -0.25) is 0 Å². The van der Waals surface area contributed by atoms with Gasteiger partial charge in [0.15, 0.2) is 0 Å². The molecular formula is C13H20FNO2. The summed E-state index contributed by atoms with van der Waals surface area (Å²) in [5, 5.41) is 3.24. The molecule has 0 aromatic heterocycles. The van der Waals surface area contributed by atoms with Crippen molar-refractivity contribution in [3.05, 3.63) is 24.0 Å². The molecule has 0 fully saturated rings. The van der Waals surface area contributed by atoms with Gasteiger partial charge in [-0.1, -0.05) is 6.92 Å². The molecule has 4 heteroatoms. The van der Waals surface area contributed by atoms with E-state index in [4.69, 9.17) is 9.47 Å². The van der Waals surface area contributed by atoms with E-state index in [1.807, 2.05) is 6.92 Å². The molecule has 96 valence electrons. The van der Waals surface area contributed by atoms with Crippen LogP contribution in [0.5, 0.6) is 5.75 Å².